The molecule has 5 heteroatoms. The molecular formula is C26H37ClN2S2. The third kappa shape index (κ3) is 7.78. The van der Waals surface area contributed by atoms with Crippen LogP contribution in [0.1, 0.15) is 62.1 Å². The first-order valence-electron chi connectivity index (χ1n) is 11.2. The smallest absolute Gasteiger partial charge is 0.137 e. The molecule has 0 aromatic heterocycles. The lowest BCUT2D eigenvalue weighted by Crippen LogP contribution is -2.44. The number of thioether (sulfide) groups is 1. The summed E-state index contributed by atoms with van der Waals surface area (Å²) in [5.41, 5.74) is 4.24. The van der Waals surface area contributed by atoms with E-state index in [2.05, 4.69) is 92.3 Å². The van der Waals surface area contributed by atoms with Crippen molar-refractivity contribution in [2.75, 3.05) is 14.1 Å². The van der Waals surface area contributed by atoms with Gasteiger partial charge in [-0.15, -0.1) is 12.4 Å². The lowest BCUT2D eigenvalue weighted by molar-refractivity contribution is 0.205. The fourth-order valence-corrected chi connectivity index (χ4v) is 6.05. The van der Waals surface area contributed by atoms with Crippen molar-refractivity contribution in [3.05, 3.63) is 71.3 Å². The van der Waals surface area contributed by atoms with Gasteiger partial charge in [-0.25, -0.2) is 0 Å². The van der Waals surface area contributed by atoms with Crippen LogP contribution in [0.3, 0.4) is 0 Å². The maximum atomic E-state index is 5.89. The number of benzene rings is 2. The molecule has 0 radical (unpaired) electrons. The van der Waals surface area contributed by atoms with E-state index in [1.165, 1.54) is 42.4 Å². The van der Waals surface area contributed by atoms with Crippen LogP contribution in [0.5, 0.6) is 0 Å². The summed E-state index contributed by atoms with van der Waals surface area (Å²) in [5.74, 6) is 1.64. The van der Waals surface area contributed by atoms with Gasteiger partial charge in [-0.1, -0.05) is 78.6 Å². The van der Waals surface area contributed by atoms with Gasteiger partial charge in [-0.05, 0) is 76.2 Å². The Labute approximate surface area is 205 Å². The highest BCUT2D eigenvalue weighted by Crippen LogP contribution is 2.36. The van der Waals surface area contributed by atoms with Gasteiger partial charge in [0.25, 0.3) is 0 Å². The molecule has 0 atom stereocenters. The third-order valence-corrected chi connectivity index (χ3v) is 7.51. The summed E-state index contributed by atoms with van der Waals surface area (Å²) in [6, 6.07) is 21.0. The van der Waals surface area contributed by atoms with Crippen molar-refractivity contribution >= 4 is 40.7 Å². The number of halogens is 1. The molecule has 2 aromatic rings. The molecule has 0 spiro atoms. The van der Waals surface area contributed by atoms with Crippen LogP contribution >= 0.6 is 36.4 Å². The molecule has 1 saturated carbocycles. The van der Waals surface area contributed by atoms with E-state index in [1.54, 1.807) is 0 Å². The summed E-state index contributed by atoms with van der Waals surface area (Å²) in [7, 11) is 4.25. The van der Waals surface area contributed by atoms with Crippen LogP contribution in [0, 0.1) is 0 Å². The first kappa shape index (κ1) is 26.2. The lowest BCUT2D eigenvalue weighted by Gasteiger charge is -2.41. The lowest BCUT2D eigenvalue weighted by atomic mass is 9.81. The van der Waals surface area contributed by atoms with Crippen LogP contribution in [0.2, 0.25) is 0 Å². The van der Waals surface area contributed by atoms with Crippen LogP contribution in [-0.2, 0) is 12.3 Å². The molecule has 0 aliphatic heterocycles. The summed E-state index contributed by atoms with van der Waals surface area (Å²) >= 11 is 7.70. The van der Waals surface area contributed by atoms with Gasteiger partial charge in [0.2, 0.25) is 0 Å². The van der Waals surface area contributed by atoms with Crippen LogP contribution in [0.25, 0.3) is 0 Å². The molecular weight excluding hydrogens is 440 g/mol. The summed E-state index contributed by atoms with van der Waals surface area (Å²) in [4.78, 5) is 4.73. The van der Waals surface area contributed by atoms with E-state index in [0.29, 0.717) is 18.0 Å². The molecule has 1 aliphatic rings. The number of rotatable bonds is 7. The maximum Gasteiger partial charge on any atom is 0.137 e. The van der Waals surface area contributed by atoms with E-state index < -0.39 is 0 Å². The average molecular weight is 477 g/mol. The SMILES string of the molecule is CC(C)N(C(=S)SCc1ccccc1)[C@H]1CC[C@H](c2ccc(CN(C)C)cc2)CC1.Cl. The molecule has 0 amide bonds. The molecule has 0 unspecified atom stereocenters. The highest BCUT2D eigenvalue weighted by Gasteiger charge is 2.29. The molecule has 3 rings (SSSR count). The van der Waals surface area contributed by atoms with Crippen molar-refractivity contribution in [3.8, 4) is 0 Å². The van der Waals surface area contributed by atoms with Crippen molar-refractivity contribution in [2.24, 2.45) is 0 Å². The minimum Gasteiger partial charge on any atom is -0.352 e. The Morgan fingerprint density at radius 2 is 1.55 bits per heavy atom. The van der Waals surface area contributed by atoms with Crippen molar-refractivity contribution in [3.63, 3.8) is 0 Å². The second-order valence-electron chi connectivity index (χ2n) is 9.03. The number of hydrogen-bond acceptors (Lipinski definition) is 3. The predicted octanol–water partition coefficient (Wildman–Crippen LogP) is 7.12. The summed E-state index contributed by atoms with van der Waals surface area (Å²) in [6.07, 6.45) is 4.97. The van der Waals surface area contributed by atoms with Crippen LogP contribution in [0.4, 0.5) is 0 Å². The maximum absolute atomic E-state index is 5.89. The highest BCUT2D eigenvalue weighted by molar-refractivity contribution is 8.22. The zero-order valence-corrected chi connectivity index (χ0v) is 21.7. The van der Waals surface area contributed by atoms with Crippen molar-refractivity contribution in [1.82, 2.24) is 9.80 Å². The number of thiocarbonyl (C=S) groups is 1. The average Bonchev–Trinajstić information content (AvgIpc) is 2.74. The normalized spacial score (nSPS) is 18.6. The van der Waals surface area contributed by atoms with Crippen LogP contribution in [0.15, 0.2) is 54.6 Å². The summed E-state index contributed by atoms with van der Waals surface area (Å²) < 4.78 is 1.06. The van der Waals surface area contributed by atoms with E-state index in [-0.39, 0.29) is 12.4 Å². The fraction of sp³-hybridized carbons (Fsp3) is 0.500. The third-order valence-electron chi connectivity index (χ3n) is 6.01. The number of nitrogens with zero attached hydrogens (tertiary/aromatic N) is 2. The molecule has 0 heterocycles. The Balaban J connectivity index is 0.00000341. The van der Waals surface area contributed by atoms with Gasteiger partial charge in [0.15, 0.2) is 0 Å². The van der Waals surface area contributed by atoms with Crippen LogP contribution < -0.4 is 0 Å². The molecule has 0 saturated heterocycles. The Morgan fingerprint density at radius 3 is 2.10 bits per heavy atom. The summed E-state index contributed by atoms with van der Waals surface area (Å²) in [6.45, 7) is 5.57. The first-order chi connectivity index (χ1) is 14.4. The molecule has 1 fully saturated rings. The first-order valence-corrected chi connectivity index (χ1v) is 12.6. The second-order valence-corrected chi connectivity index (χ2v) is 10.6. The quantitative estimate of drug-likeness (QED) is 0.392. The molecule has 1 aliphatic carbocycles. The predicted molar refractivity (Wildman–Crippen MR) is 143 cm³/mol. The Hall–Kier alpha value is -1.07. The van der Waals surface area contributed by atoms with E-state index in [0.717, 1.165) is 16.6 Å². The molecule has 2 aromatic carbocycles. The van der Waals surface area contributed by atoms with Crippen molar-refractivity contribution in [2.45, 2.75) is 69.8 Å². The zero-order chi connectivity index (χ0) is 21.5. The topological polar surface area (TPSA) is 6.48 Å². The largest absolute Gasteiger partial charge is 0.352 e. The second kappa shape index (κ2) is 12.8. The monoisotopic (exact) mass is 476 g/mol. The Morgan fingerprint density at radius 1 is 0.935 bits per heavy atom. The molecule has 2 nitrogen and oxygen atoms in total. The molecule has 31 heavy (non-hydrogen) atoms. The van der Waals surface area contributed by atoms with Crippen LogP contribution in [-0.4, -0.2) is 40.3 Å². The molecule has 170 valence electrons. The van der Waals surface area contributed by atoms with Gasteiger partial charge in [-0.3, -0.25) is 0 Å². The van der Waals surface area contributed by atoms with E-state index in [9.17, 15) is 0 Å². The van der Waals surface area contributed by atoms with E-state index >= 15 is 0 Å². The Bertz CT molecular complexity index is 785. The van der Waals surface area contributed by atoms with Gasteiger partial charge in [0, 0.05) is 24.4 Å². The van der Waals surface area contributed by atoms with Gasteiger partial charge in [-0.2, -0.15) is 0 Å². The molecule has 0 N–H and O–H groups in total. The standard InChI is InChI=1S/C26H36N2S2.ClH/c1-20(2)28(26(29)30-19-22-8-6-5-7-9-22)25-16-14-24(15-17-25)23-12-10-21(11-13-23)18-27(3)4;/h5-13,20,24-25H,14-19H2,1-4H3;1H/t24-,25-;. The van der Waals surface area contributed by atoms with Gasteiger partial charge >= 0.3 is 0 Å². The zero-order valence-electron chi connectivity index (χ0n) is 19.3. The Kier molecular flexibility index (Phi) is 10.8. The van der Waals surface area contributed by atoms with Gasteiger partial charge in [0.1, 0.15) is 4.32 Å². The molecule has 0 bridgehead atoms. The fourth-order valence-electron chi connectivity index (χ4n) is 4.52. The van der Waals surface area contributed by atoms with Crippen molar-refractivity contribution < 1.29 is 0 Å². The highest BCUT2D eigenvalue weighted by atomic mass is 35.5. The number of hydrogen-bond donors (Lipinski definition) is 0. The summed E-state index contributed by atoms with van der Waals surface area (Å²) in [5, 5.41) is 0. The van der Waals surface area contributed by atoms with Gasteiger partial charge in [0.05, 0.1) is 0 Å². The van der Waals surface area contributed by atoms with Crippen molar-refractivity contribution in [1.29, 1.82) is 0 Å². The van der Waals surface area contributed by atoms with Gasteiger partial charge < -0.3 is 9.80 Å². The van der Waals surface area contributed by atoms with E-state index in [1.807, 2.05) is 11.8 Å². The van der Waals surface area contributed by atoms with E-state index in [4.69, 9.17) is 12.2 Å². The minimum atomic E-state index is 0. The minimum absolute atomic E-state index is 0.